The fourth-order valence-corrected chi connectivity index (χ4v) is 4.06. The molecule has 98 valence electrons. The van der Waals surface area contributed by atoms with E-state index in [1.807, 2.05) is 11.8 Å². The number of hydrogen-bond donors (Lipinski definition) is 1. The second kappa shape index (κ2) is 5.16. The molecule has 1 atom stereocenters. The van der Waals surface area contributed by atoms with Gasteiger partial charge in [0.1, 0.15) is 5.41 Å². The Balaban J connectivity index is 2.27. The monoisotopic (exact) mass is 260 g/mol. The molecule has 0 spiro atoms. The van der Waals surface area contributed by atoms with Crippen molar-refractivity contribution in [3.63, 3.8) is 0 Å². The molecule has 17 heavy (non-hydrogen) atoms. The fraction of sp³-hybridized carbons (Fsp3) is 0.917. The van der Waals surface area contributed by atoms with E-state index in [1.165, 1.54) is 7.11 Å². The average molecular weight is 260 g/mol. The number of esters is 1. The van der Waals surface area contributed by atoms with Gasteiger partial charge in [0.2, 0.25) is 0 Å². The van der Waals surface area contributed by atoms with Crippen LogP contribution in [0.25, 0.3) is 0 Å². The van der Waals surface area contributed by atoms with Crippen LogP contribution < -0.4 is 0 Å². The van der Waals surface area contributed by atoms with Gasteiger partial charge in [0.05, 0.1) is 19.3 Å². The van der Waals surface area contributed by atoms with E-state index >= 15 is 0 Å². The third-order valence-electron chi connectivity index (χ3n) is 4.03. The molecule has 5 heteroatoms. The van der Waals surface area contributed by atoms with Crippen LogP contribution in [0.15, 0.2) is 0 Å². The molecule has 1 unspecified atom stereocenters. The Morgan fingerprint density at radius 1 is 1.35 bits per heavy atom. The van der Waals surface area contributed by atoms with Gasteiger partial charge < -0.3 is 14.6 Å². The molecule has 0 aromatic rings. The van der Waals surface area contributed by atoms with E-state index in [0.29, 0.717) is 32.5 Å². The predicted octanol–water partition coefficient (Wildman–Crippen LogP) is 1.21. The summed E-state index contributed by atoms with van der Waals surface area (Å²) in [5.41, 5.74) is -1.80. The Morgan fingerprint density at radius 3 is 2.59 bits per heavy atom. The number of carbonyl (C=O) groups excluding carboxylic acids is 1. The highest BCUT2D eigenvalue weighted by molar-refractivity contribution is 7.99. The summed E-state index contributed by atoms with van der Waals surface area (Å²) in [6.45, 7) is 0.963. The molecule has 2 aliphatic heterocycles. The Labute approximate surface area is 106 Å². The minimum absolute atomic E-state index is 0.292. The summed E-state index contributed by atoms with van der Waals surface area (Å²) < 4.78 is 10.4. The van der Waals surface area contributed by atoms with E-state index in [-0.39, 0.29) is 5.97 Å². The minimum atomic E-state index is -0.953. The zero-order valence-electron chi connectivity index (χ0n) is 10.2. The number of aliphatic hydroxyl groups is 1. The van der Waals surface area contributed by atoms with Crippen molar-refractivity contribution in [1.29, 1.82) is 0 Å². The van der Waals surface area contributed by atoms with Gasteiger partial charge >= 0.3 is 5.97 Å². The number of thioether (sulfide) groups is 1. The Hall–Kier alpha value is -0.260. The lowest BCUT2D eigenvalue weighted by Gasteiger charge is -2.48. The standard InChI is InChI=1S/C12H20O4S/c1-15-10(13)11(3-2-6-16-9-11)12(14)4-7-17-8-5-12/h14H,2-9H2,1H3. The van der Waals surface area contributed by atoms with E-state index in [1.54, 1.807) is 0 Å². The fourth-order valence-electron chi connectivity index (χ4n) is 2.90. The van der Waals surface area contributed by atoms with Crippen LogP contribution in [0.1, 0.15) is 25.7 Å². The van der Waals surface area contributed by atoms with Crippen LogP contribution in [0.5, 0.6) is 0 Å². The molecule has 0 radical (unpaired) electrons. The van der Waals surface area contributed by atoms with Crippen LogP contribution in [0.2, 0.25) is 0 Å². The van der Waals surface area contributed by atoms with Gasteiger partial charge in [-0.3, -0.25) is 4.79 Å². The summed E-state index contributed by atoms with van der Waals surface area (Å²) >= 11 is 1.83. The van der Waals surface area contributed by atoms with Crippen molar-refractivity contribution in [3.8, 4) is 0 Å². The van der Waals surface area contributed by atoms with E-state index in [0.717, 1.165) is 17.9 Å². The molecule has 2 aliphatic rings. The first-order valence-electron chi connectivity index (χ1n) is 6.11. The normalized spacial score (nSPS) is 33.1. The average Bonchev–Trinajstić information content (AvgIpc) is 2.39. The van der Waals surface area contributed by atoms with Crippen molar-refractivity contribution < 1.29 is 19.4 Å². The third-order valence-corrected chi connectivity index (χ3v) is 5.01. The van der Waals surface area contributed by atoms with Crippen molar-refractivity contribution in [3.05, 3.63) is 0 Å². The number of hydrogen-bond acceptors (Lipinski definition) is 5. The van der Waals surface area contributed by atoms with E-state index in [4.69, 9.17) is 9.47 Å². The topological polar surface area (TPSA) is 55.8 Å². The van der Waals surface area contributed by atoms with Crippen LogP contribution >= 0.6 is 11.8 Å². The quantitative estimate of drug-likeness (QED) is 0.756. The molecule has 0 aromatic carbocycles. The molecule has 1 N–H and O–H groups in total. The van der Waals surface area contributed by atoms with Crippen LogP contribution in [0.3, 0.4) is 0 Å². The summed E-state index contributed by atoms with van der Waals surface area (Å²) in [6.07, 6.45) is 2.78. The molecule has 4 nitrogen and oxygen atoms in total. The lowest BCUT2D eigenvalue weighted by atomic mass is 9.65. The summed E-state index contributed by atoms with van der Waals surface area (Å²) in [5, 5.41) is 10.9. The first-order chi connectivity index (χ1) is 8.15. The van der Waals surface area contributed by atoms with Gasteiger partial charge in [0.25, 0.3) is 0 Å². The Kier molecular flexibility index (Phi) is 4.00. The molecule has 0 amide bonds. The molecule has 0 saturated carbocycles. The molecular weight excluding hydrogens is 240 g/mol. The summed E-state index contributed by atoms with van der Waals surface area (Å²) in [5.74, 6) is 1.48. The maximum absolute atomic E-state index is 12.1. The highest BCUT2D eigenvalue weighted by Gasteiger charge is 2.57. The van der Waals surface area contributed by atoms with Crippen LogP contribution in [0.4, 0.5) is 0 Å². The molecule has 2 saturated heterocycles. The highest BCUT2D eigenvalue weighted by Crippen LogP contribution is 2.47. The van der Waals surface area contributed by atoms with E-state index in [9.17, 15) is 9.90 Å². The van der Waals surface area contributed by atoms with Gasteiger partial charge in [-0.1, -0.05) is 0 Å². The number of carbonyl (C=O) groups is 1. The van der Waals surface area contributed by atoms with Crippen molar-refractivity contribution in [2.75, 3.05) is 31.8 Å². The lowest BCUT2D eigenvalue weighted by Crippen LogP contribution is -2.59. The van der Waals surface area contributed by atoms with E-state index in [2.05, 4.69) is 0 Å². The summed E-state index contributed by atoms with van der Waals surface area (Å²) in [4.78, 5) is 12.1. The van der Waals surface area contributed by atoms with Gasteiger partial charge in [0.15, 0.2) is 0 Å². The minimum Gasteiger partial charge on any atom is -0.468 e. The maximum atomic E-state index is 12.1. The molecular formula is C12H20O4S. The number of ether oxygens (including phenoxy) is 2. The third kappa shape index (κ3) is 2.20. The maximum Gasteiger partial charge on any atom is 0.317 e. The Morgan fingerprint density at radius 2 is 2.06 bits per heavy atom. The van der Waals surface area contributed by atoms with Crippen molar-refractivity contribution in [1.82, 2.24) is 0 Å². The van der Waals surface area contributed by atoms with Crippen molar-refractivity contribution >= 4 is 17.7 Å². The smallest absolute Gasteiger partial charge is 0.317 e. The second-order valence-corrected chi connectivity index (χ2v) is 6.10. The van der Waals surface area contributed by atoms with Gasteiger partial charge in [-0.2, -0.15) is 11.8 Å². The van der Waals surface area contributed by atoms with Crippen molar-refractivity contribution in [2.24, 2.45) is 5.41 Å². The predicted molar refractivity (Wildman–Crippen MR) is 66.0 cm³/mol. The zero-order valence-corrected chi connectivity index (χ0v) is 11.1. The number of rotatable bonds is 2. The van der Waals surface area contributed by atoms with Crippen LogP contribution in [-0.2, 0) is 14.3 Å². The Bertz CT molecular complexity index is 280. The van der Waals surface area contributed by atoms with Gasteiger partial charge in [0, 0.05) is 6.61 Å². The van der Waals surface area contributed by atoms with Gasteiger partial charge in [-0.05, 0) is 37.2 Å². The first-order valence-corrected chi connectivity index (χ1v) is 7.26. The van der Waals surface area contributed by atoms with Crippen LogP contribution in [-0.4, -0.2) is 48.5 Å². The van der Waals surface area contributed by atoms with Gasteiger partial charge in [-0.25, -0.2) is 0 Å². The van der Waals surface area contributed by atoms with E-state index < -0.39 is 11.0 Å². The highest BCUT2D eigenvalue weighted by atomic mass is 32.2. The lowest BCUT2D eigenvalue weighted by molar-refractivity contribution is -0.194. The molecule has 0 aromatic heterocycles. The molecule has 0 bridgehead atoms. The number of methoxy groups -OCH3 is 1. The largest absolute Gasteiger partial charge is 0.468 e. The van der Waals surface area contributed by atoms with Crippen LogP contribution in [0, 0.1) is 5.41 Å². The molecule has 0 aliphatic carbocycles. The molecule has 2 rings (SSSR count). The summed E-state index contributed by atoms with van der Waals surface area (Å²) in [7, 11) is 1.39. The molecule has 2 heterocycles. The zero-order chi connectivity index (χ0) is 12.4. The van der Waals surface area contributed by atoms with Gasteiger partial charge in [-0.15, -0.1) is 0 Å². The summed E-state index contributed by atoms with van der Waals surface area (Å²) in [6, 6.07) is 0. The first kappa shape index (κ1) is 13.2. The SMILES string of the molecule is COC(=O)C1(C2(O)CCSCC2)CCCOC1. The molecule has 2 fully saturated rings. The van der Waals surface area contributed by atoms with Crippen molar-refractivity contribution in [2.45, 2.75) is 31.3 Å². The second-order valence-electron chi connectivity index (χ2n) is 4.87.